The lowest BCUT2D eigenvalue weighted by molar-refractivity contribution is -0.0803. The number of rotatable bonds is 0. The van der Waals surface area contributed by atoms with Gasteiger partial charge >= 0.3 is 0 Å². The zero-order valence-corrected chi connectivity index (χ0v) is 11.7. The Hall–Kier alpha value is 0. The minimum atomic E-state index is 0.0625. The minimum Gasteiger partial charge on any atom is -0.0596 e. The van der Waals surface area contributed by atoms with Crippen molar-refractivity contribution in [1.29, 1.82) is 0 Å². The summed E-state index contributed by atoms with van der Waals surface area (Å²) in [5.74, 6) is 0. The highest BCUT2D eigenvalue weighted by Crippen LogP contribution is 2.60. The van der Waals surface area contributed by atoms with Gasteiger partial charge < -0.3 is 0 Å². The maximum absolute atomic E-state index is 4.58. The molecule has 0 N–H and O–H groups in total. The van der Waals surface area contributed by atoms with Gasteiger partial charge in [0.15, 0.2) is 0 Å². The van der Waals surface area contributed by atoms with Gasteiger partial charge in [0.2, 0.25) is 0 Å². The van der Waals surface area contributed by atoms with Gasteiger partial charge in [0.05, 0.1) is 0 Å². The molecule has 0 saturated carbocycles. The molecule has 14 heavy (non-hydrogen) atoms. The lowest BCUT2D eigenvalue weighted by atomic mass is 9.46. The van der Waals surface area contributed by atoms with Crippen LogP contribution >= 0.6 is 0 Å². The van der Waals surface area contributed by atoms with E-state index in [2.05, 4.69) is 69.2 Å². The summed E-state index contributed by atoms with van der Waals surface area (Å²) >= 11 is 0. The summed E-state index contributed by atoms with van der Waals surface area (Å²) in [5.41, 5.74) is 0.698. The van der Waals surface area contributed by atoms with Crippen molar-refractivity contribution in [2.45, 2.75) is 62.3 Å². The van der Waals surface area contributed by atoms with E-state index >= 15 is 0 Å². The quantitative estimate of drug-likeness (QED) is 0.515. The average molecular weight is 197 g/mol. The average Bonchev–Trinajstić information content (AvgIpc) is 1.77. The Morgan fingerprint density at radius 1 is 0.500 bits per heavy atom. The van der Waals surface area contributed by atoms with Gasteiger partial charge in [-0.2, -0.15) is 0 Å². The van der Waals surface area contributed by atoms with Crippen LogP contribution in [0.15, 0.2) is 0 Å². The molecule has 0 atom stereocenters. The first-order valence-corrected chi connectivity index (χ1v) is 5.60. The van der Waals surface area contributed by atoms with Crippen molar-refractivity contribution in [3.8, 4) is 0 Å². The van der Waals surface area contributed by atoms with E-state index in [1.54, 1.807) is 0 Å². The molecule has 85 valence electrons. The first-order valence-electron chi connectivity index (χ1n) is 5.60. The molecule has 0 unspecified atom stereocenters. The summed E-state index contributed by atoms with van der Waals surface area (Å²) in [4.78, 5) is 0. The summed E-state index contributed by atoms with van der Waals surface area (Å²) in [6.45, 7) is 25.3. The van der Waals surface area contributed by atoms with Crippen LogP contribution in [-0.4, -0.2) is 0 Å². The van der Waals surface area contributed by atoms with E-state index in [1.807, 2.05) is 0 Å². The van der Waals surface area contributed by atoms with Gasteiger partial charge in [0.1, 0.15) is 0 Å². The van der Waals surface area contributed by atoms with Crippen LogP contribution in [0.25, 0.3) is 0 Å². The summed E-state index contributed by atoms with van der Waals surface area (Å²) in [6.07, 6.45) is 0. The highest BCUT2D eigenvalue weighted by Gasteiger charge is 2.53. The van der Waals surface area contributed by atoms with E-state index in [0.29, 0.717) is 0 Å². The normalized spacial score (nSPS) is 15.9. The summed E-state index contributed by atoms with van der Waals surface area (Å²) in [7, 11) is 0. The molecular formula is C14H29. The smallest absolute Gasteiger partial charge is 0.0151 e. The van der Waals surface area contributed by atoms with Crippen molar-refractivity contribution in [1.82, 2.24) is 0 Å². The van der Waals surface area contributed by atoms with Gasteiger partial charge in [-0.3, -0.25) is 0 Å². The molecular weight excluding hydrogens is 168 g/mol. The first kappa shape index (κ1) is 14.0. The Bertz CT molecular complexity index is 154. The second-order valence-corrected chi connectivity index (χ2v) is 7.66. The Labute approximate surface area is 91.5 Å². The molecule has 0 aromatic carbocycles. The molecule has 0 saturated heterocycles. The van der Waals surface area contributed by atoms with Crippen molar-refractivity contribution in [3.05, 3.63) is 6.92 Å². The molecule has 0 aliphatic rings. The van der Waals surface area contributed by atoms with Gasteiger partial charge in [-0.1, -0.05) is 62.3 Å². The van der Waals surface area contributed by atoms with E-state index in [1.165, 1.54) is 0 Å². The summed E-state index contributed by atoms with van der Waals surface area (Å²) < 4.78 is 0. The van der Waals surface area contributed by atoms with Gasteiger partial charge in [-0.05, 0) is 28.6 Å². The second kappa shape index (κ2) is 3.25. The molecule has 0 heterocycles. The molecule has 0 aromatic rings. The fourth-order valence-corrected chi connectivity index (χ4v) is 3.38. The van der Waals surface area contributed by atoms with Crippen molar-refractivity contribution in [3.63, 3.8) is 0 Å². The molecule has 0 spiro atoms. The first-order chi connectivity index (χ1) is 5.75. The van der Waals surface area contributed by atoms with E-state index < -0.39 is 0 Å². The van der Waals surface area contributed by atoms with Crippen LogP contribution in [0, 0.1) is 28.6 Å². The molecule has 0 aromatic heterocycles. The van der Waals surface area contributed by atoms with E-state index in [-0.39, 0.29) is 21.7 Å². The Morgan fingerprint density at radius 3 is 0.643 bits per heavy atom. The molecule has 0 rings (SSSR count). The van der Waals surface area contributed by atoms with Crippen LogP contribution in [0.4, 0.5) is 0 Å². The number of hydrogen-bond donors (Lipinski definition) is 0. The molecule has 0 aliphatic heterocycles. The Morgan fingerprint density at radius 2 is 0.643 bits per heavy atom. The highest BCUT2D eigenvalue weighted by atomic mass is 14.6. The van der Waals surface area contributed by atoms with Gasteiger partial charge in [0, 0.05) is 0 Å². The third-order valence-electron chi connectivity index (χ3n) is 3.84. The molecule has 0 amide bonds. The largest absolute Gasteiger partial charge is 0.0596 e. The lowest BCUT2D eigenvalue weighted by Crippen LogP contribution is -2.52. The maximum atomic E-state index is 4.58. The predicted molar refractivity (Wildman–Crippen MR) is 66.2 cm³/mol. The van der Waals surface area contributed by atoms with E-state index in [4.69, 9.17) is 0 Å². The topological polar surface area (TPSA) is 0 Å². The van der Waals surface area contributed by atoms with E-state index in [9.17, 15) is 0 Å². The Kier molecular flexibility index (Phi) is 3.25. The highest BCUT2D eigenvalue weighted by molar-refractivity contribution is 5.06. The van der Waals surface area contributed by atoms with Crippen LogP contribution in [0.1, 0.15) is 62.3 Å². The molecule has 1 radical (unpaired) electrons. The summed E-state index contributed by atoms with van der Waals surface area (Å²) in [5, 5.41) is 0. The van der Waals surface area contributed by atoms with Gasteiger partial charge in [-0.15, -0.1) is 0 Å². The lowest BCUT2D eigenvalue weighted by Gasteiger charge is -2.59. The van der Waals surface area contributed by atoms with Crippen LogP contribution in [0.5, 0.6) is 0 Å². The van der Waals surface area contributed by atoms with Crippen LogP contribution in [0.2, 0.25) is 0 Å². The third kappa shape index (κ3) is 1.99. The van der Waals surface area contributed by atoms with Crippen molar-refractivity contribution in [2.75, 3.05) is 0 Å². The van der Waals surface area contributed by atoms with Gasteiger partial charge in [0.25, 0.3) is 0 Å². The fourth-order valence-electron chi connectivity index (χ4n) is 3.38. The van der Waals surface area contributed by atoms with Crippen LogP contribution in [-0.2, 0) is 0 Å². The maximum Gasteiger partial charge on any atom is -0.0151 e. The van der Waals surface area contributed by atoms with Crippen molar-refractivity contribution < 1.29 is 0 Å². The molecule has 0 nitrogen and oxygen atoms in total. The third-order valence-corrected chi connectivity index (χ3v) is 3.84. The van der Waals surface area contributed by atoms with Crippen LogP contribution in [0.3, 0.4) is 0 Å². The zero-order chi connectivity index (χ0) is 12.0. The van der Waals surface area contributed by atoms with Gasteiger partial charge in [-0.25, -0.2) is 0 Å². The SMILES string of the molecule is [CH2]C(C(C)(C)C)(C(C)(C)C)C(C)(C)C. The zero-order valence-electron chi connectivity index (χ0n) is 11.7. The molecule has 0 bridgehead atoms. The minimum absolute atomic E-state index is 0.0625. The second-order valence-electron chi connectivity index (χ2n) is 7.66. The van der Waals surface area contributed by atoms with Crippen molar-refractivity contribution in [2.24, 2.45) is 21.7 Å². The van der Waals surface area contributed by atoms with Crippen LogP contribution < -0.4 is 0 Å². The summed E-state index contributed by atoms with van der Waals surface area (Å²) in [6, 6.07) is 0. The standard InChI is InChI=1S/C14H29/c1-11(2,3)14(10,12(4,5)6)13(7,8)9/h10H2,1-9H3. The van der Waals surface area contributed by atoms with E-state index in [0.717, 1.165) is 0 Å². The molecule has 0 aliphatic carbocycles. The monoisotopic (exact) mass is 197 g/mol. The fraction of sp³-hybridized carbons (Fsp3) is 0.929. The predicted octanol–water partition coefficient (Wildman–Crippen LogP) is 4.95. The number of hydrogen-bond acceptors (Lipinski definition) is 0. The molecule has 0 fully saturated rings. The molecule has 0 heteroatoms. The van der Waals surface area contributed by atoms with Crippen molar-refractivity contribution >= 4 is 0 Å². The Balaban J connectivity index is 5.54.